The second-order valence-corrected chi connectivity index (χ2v) is 7.37. The lowest BCUT2D eigenvalue weighted by atomic mass is 10.2. The molecule has 8 heteroatoms. The molecule has 0 heterocycles. The zero-order chi connectivity index (χ0) is 15.5. The van der Waals surface area contributed by atoms with Crippen LogP contribution >= 0.6 is 39.1 Å². The summed E-state index contributed by atoms with van der Waals surface area (Å²) in [6.07, 6.45) is 1.39. The van der Waals surface area contributed by atoms with Crippen LogP contribution in [-0.2, 0) is 10.0 Å². The first kappa shape index (κ1) is 16.3. The predicted molar refractivity (Wildman–Crippen MR) is 88.5 cm³/mol. The fourth-order valence-electron chi connectivity index (χ4n) is 1.45. The average Bonchev–Trinajstić information content (AvgIpc) is 2.43. The van der Waals surface area contributed by atoms with E-state index in [1.807, 2.05) is 12.1 Å². The van der Waals surface area contributed by atoms with Gasteiger partial charge in [0.1, 0.15) is 4.90 Å². The van der Waals surface area contributed by atoms with Gasteiger partial charge in [-0.1, -0.05) is 51.3 Å². The predicted octanol–water partition coefficient (Wildman–Crippen LogP) is 4.07. The van der Waals surface area contributed by atoms with Crippen molar-refractivity contribution < 1.29 is 8.42 Å². The minimum Gasteiger partial charge on any atom is -0.200 e. The molecule has 0 radical (unpaired) electrons. The molecule has 0 spiro atoms. The molecule has 2 rings (SSSR count). The van der Waals surface area contributed by atoms with Gasteiger partial charge in [0, 0.05) is 9.50 Å². The van der Waals surface area contributed by atoms with Gasteiger partial charge in [-0.25, -0.2) is 4.83 Å². The second-order valence-electron chi connectivity index (χ2n) is 3.98. The van der Waals surface area contributed by atoms with Gasteiger partial charge in [-0.15, -0.1) is 0 Å². The number of hydrogen-bond donors (Lipinski definition) is 1. The van der Waals surface area contributed by atoms with Crippen LogP contribution in [0.3, 0.4) is 0 Å². The summed E-state index contributed by atoms with van der Waals surface area (Å²) in [5, 5.41) is 4.06. The Kier molecular flexibility index (Phi) is 5.27. The van der Waals surface area contributed by atoms with E-state index in [2.05, 4.69) is 25.9 Å². The van der Waals surface area contributed by atoms with E-state index in [4.69, 9.17) is 23.2 Å². The molecule has 0 aromatic heterocycles. The number of rotatable bonds is 4. The molecule has 2 aromatic carbocycles. The first-order chi connectivity index (χ1) is 9.88. The van der Waals surface area contributed by atoms with Gasteiger partial charge in [0.05, 0.1) is 11.2 Å². The molecule has 0 atom stereocenters. The standard InChI is InChI=1S/C13H9BrCl2N2O2S/c14-10-3-1-9(2-4-10)8-17-18-21(19,20)13-7-11(15)5-6-12(13)16/h1-8,18H. The Morgan fingerprint density at radius 1 is 1.10 bits per heavy atom. The zero-order valence-electron chi connectivity index (χ0n) is 10.4. The molecule has 0 saturated carbocycles. The second kappa shape index (κ2) is 6.79. The number of benzene rings is 2. The first-order valence-corrected chi connectivity index (χ1v) is 8.67. The molecule has 0 unspecified atom stereocenters. The van der Waals surface area contributed by atoms with E-state index in [1.165, 1.54) is 24.4 Å². The van der Waals surface area contributed by atoms with Crippen molar-refractivity contribution in [3.05, 3.63) is 62.5 Å². The van der Waals surface area contributed by atoms with E-state index in [0.29, 0.717) is 0 Å². The van der Waals surface area contributed by atoms with Crippen molar-refractivity contribution in [1.29, 1.82) is 0 Å². The molecule has 0 aliphatic carbocycles. The summed E-state index contributed by atoms with van der Waals surface area (Å²) in [5.41, 5.74) is 0.748. The third-order valence-corrected chi connectivity index (χ3v) is 4.91. The molecule has 0 fully saturated rings. The maximum absolute atomic E-state index is 12.1. The fraction of sp³-hybridized carbons (Fsp3) is 0. The smallest absolute Gasteiger partial charge is 0.200 e. The van der Waals surface area contributed by atoms with Crippen molar-refractivity contribution in [1.82, 2.24) is 4.83 Å². The molecule has 2 aromatic rings. The van der Waals surface area contributed by atoms with Crippen molar-refractivity contribution >= 4 is 55.4 Å². The Morgan fingerprint density at radius 3 is 2.43 bits per heavy atom. The average molecular weight is 408 g/mol. The van der Waals surface area contributed by atoms with Gasteiger partial charge < -0.3 is 0 Å². The van der Waals surface area contributed by atoms with Crippen LogP contribution in [0.5, 0.6) is 0 Å². The van der Waals surface area contributed by atoms with Gasteiger partial charge in [-0.3, -0.25) is 0 Å². The third kappa shape index (κ3) is 4.44. The number of sulfonamides is 1. The molecule has 21 heavy (non-hydrogen) atoms. The Labute approximate surface area is 141 Å². The molecule has 4 nitrogen and oxygen atoms in total. The highest BCUT2D eigenvalue weighted by molar-refractivity contribution is 9.10. The highest BCUT2D eigenvalue weighted by atomic mass is 79.9. The Balaban J connectivity index is 2.18. The number of hydrogen-bond acceptors (Lipinski definition) is 3. The minimum atomic E-state index is -3.87. The van der Waals surface area contributed by atoms with Crippen LogP contribution in [0.2, 0.25) is 10.0 Å². The van der Waals surface area contributed by atoms with Crippen molar-refractivity contribution in [2.24, 2.45) is 5.10 Å². The maximum atomic E-state index is 12.1. The molecule has 0 amide bonds. The summed E-state index contributed by atoms with van der Waals surface area (Å²) in [7, 11) is -3.87. The van der Waals surface area contributed by atoms with Crippen LogP contribution in [0.25, 0.3) is 0 Å². The van der Waals surface area contributed by atoms with Crippen LogP contribution in [0.1, 0.15) is 5.56 Å². The lowest BCUT2D eigenvalue weighted by Crippen LogP contribution is -2.18. The van der Waals surface area contributed by atoms with Crippen LogP contribution in [-0.4, -0.2) is 14.6 Å². The van der Waals surface area contributed by atoms with Gasteiger partial charge >= 0.3 is 0 Å². The van der Waals surface area contributed by atoms with Crippen LogP contribution in [0.15, 0.2) is 56.9 Å². The lowest BCUT2D eigenvalue weighted by molar-refractivity contribution is 0.585. The van der Waals surface area contributed by atoms with Gasteiger partial charge in [0.15, 0.2) is 0 Å². The first-order valence-electron chi connectivity index (χ1n) is 5.64. The quantitative estimate of drug-likeness (QED) is 0.613. The van der Waals surface area contributed by atoms with E-state index in [-0.39, 0.29) is 14.9 Å². The molecule has 0 aliphatic rings. The summed E-state index contributed by atoms with van der Waals surface area (Å²) >= 11 is 14.9. The zero-order valence-corrected chi connectivity index (χ0v) is 14.3. The molecular formula is C13H9BrCl2N2O2S. The summed E-state index contributed by atoms with van der Waals surface area (Å²) < 4.78 is 25.1. The largest absolute Gasteiger partial charge is 0.278 e. The van der Waals surface area contributed by atoms with Gasteiger partial charge in [-0.2, -0.15) is 13.5 Å². The third-order valence-electron chi connectivity index (χ3n) is 2.44. The Morgan fingerprint density at radius 2 is 1.76 bits per heavy atom. The summed E-state index contributed by atoms with van der Waals surface area (Å²) in [4.78, 5) is 1.97. The molecule has 110 valence electrons. The van der Waals surface area contributed by atoms with E-state index in [9.17, 15) is 8.42 Å². The normalized spacial score (nSPS) is 11.8. The molecule has 0 aliphatic heterocycles. The van der Waals surface area contributed by atoms with E-state index in [1.54, 1.807) is 12.1 Å². The number of nitrogens with zero attached hydrogens (tertiary/aromatic N) is 1. The van der Waals surface area contributed by atoms with E-state index >= 15 is 0 Å². The Bertz CT molecular complexity index is 777. The van der Waals surface area contributed by atoms with Gasteiger partial charge in [-0.05, 0) is 35.9 Å². The van der Waals surface area contributed by atoms with Crippen LogP contribution in [0.4, 0.5) is 0 Å². The van der Waals surface area contributed by atoms with Crippen LogP contribution in [0, 0.1) is 0 Å². The molecule has 0 bridgehead atoms. The van der Waals surface area contributed by atoms with Crippen molar-refractivity contribution in [2.45, 2.75) is 4.90 Å². The summed E-state index contributed by atoms with van der Waals surface area (Å²) in [6, 6.07) is 11.4. The van der Waals surface area contributed by atoms with Crippen LogP contribution < -0.4 is 4.83 Å². The molecule has 0 saturated heterocycles. The van der Waals surface area contributed by atoms with Crippen molar-refractivity contribution in [2.75, 3.05) is 0 Å². The molecular weight excluding hydrogens is 399 g/mol. The van der Waals surface area contributed by atoms with Crippen molar-refractivity contribution in [3.8, 4) is 0 Å². The Hall–Kier alpha value is -1.08. The highest BCUT2D eigenvalue weighted by Gasteiger charge is 2.17. The van der Waals surface area contributed by atoms with E-state index in [0.717, 1.165) is 10.0 Å². The highest BCUT2D eigenvalue weighted by Crippen LogP contribution is 2.24. The monoisotopic (exact) mass is 406 g/mol. The van der Waals surface area contributed by atoms with E-state index < -0.39 is 10.0 Å². The fourth-order valence-corrected chi connectivity index (χ4v) is 3.27. The number of halogens is 3. The lowest BCUT2D eigenvalue weighted by Gasteiger charge is -2.05. The van der Waals surface area contributed by atoms with Gasteiger partial charge in [0.2, 0.25) is 0 Å². The summed E-state index contributed by atoms with van der Waals surface area (Å²) in [6.45, 7) is 0. The number of nitrogens with one attached hydrogen (secondary N) is 1. The SMILES string of the molecule is O=S(=O)(NN=Cc1ccc(Br)cc1)c1cc(Cl)ccc1Cl. The summed E-state index contributed by atoms with van der Waals surface area (Å²) in [5.74, 6) is 0. The molecule has 1 N–H and O–H groups in total. The number of hydrazone groups is 1. The maximum Gasteiger partial charge on any atom is 0.278 e. The van der Waals surface area contributed by atoms with Crippen molar-refractivity contribution in [3.63, 3.8) is 0 Å². The topological polar surface area (TPSA) is 58.5 Å². The minimum absolute atomic E-state index is 0.0748. The van der Waals surface area contributed by atoms with Gasteiger partial charge in [0.25, 0.3) is 10.0 Å².